The number of aryl methyl sites for hydroxylation is 3. The topological polar surface area (TPSA) is 127 Å². The van der Waals surface area contributed by atoms with Gasteiger partial charge in [-0.2, -0.15) is 0 Å². The van der Waals surface area contributed by atoms with Gasteiger partial charge in [0.25, 0.3) is 5.56 Å². The molecule has 0 bridgehead atoms. The summed E-state index contributed by atoms with van der Waals surface area (Å²) in [5.41, 5.74) is 2.70. The van der Waals surface area contributed by atoms with E-state index in [9.17, 15) is 24.2 Å². The summed E-state index contributed by atoms with van der Waals surface area (Å²) in [7, 11) is 1.51. The maximum atomic E-state index is 14.8. The Morgan fingerprint density at radius 3 is 2.57 bits per heavy atom. The fourth-order valence-electron chi connectivity index (χ4n) is 4.18. The average molecular weight is 507 g/mol. The Morgan fingerprint density at radius 2 is 1.89 bits per heavy atom. The summed E-state index contributed by atoms with van der Waals surface area (Å²) in [6.45, 7) is 1.83. The van der Waals surface area contributed by atoms with Crippen LogP contribution >= 0.6 is 0 Å². The third kappa shape index (κ3) is 5.97. The van der Waals surface area contributed by atoms with Crippen LogP contribution in [0.3, 0.4) is 0 Å². The van der Waals surface area contributed by atoms with Crippen LogP contribution in [0.5, 0.6) is 5.88 Å². The highest BCUT2D eigenvalue weighted by atomic mass is 19.1. The zero-order chi connectivity index (χ0) is 26.5. The number of ether oxygens (including phenoxy) is 1. The first-order chi connectivity index (χ1) is 17.8. The highest BCUT2D eigenvalue weighted by Crippen LogP contribution is 2.24. The van der Waals surface area contributed by atoms with Crippen LogP contribution in [0.25, 0.3) is 22.0 Å². The summed E-state index contributed by atoms with van der Waals surface area (Å²) in [6, 6.07) is 13.4. The number of aliphatic hydroxyl groups is 1. The van der Waals surface area contributed by atoms with Crippen LogP contribution < -0.4 is 10.3 Å². The summed E-state index contributed by atoms with van der Waals surface area (Å²) < 4.78 is 20.9. The van der Waals surface area contributed by atoms with Crippen molar-refractivity contribution in [2.75, 3.05) is 7.11 Å². The van der Waals surface area contributed by atoms with Crippen molar-refractivity contribution >= 4 is 16.9 Å². The average Bonchev–Trinajstić information content (AvgIpc) is 2.89. The molecule has 0 saturated heterocycles. The number of aromatic nitrogens is 4. The molecule has 2 N–H and O–H groups in total. The Morgan fingerprint density at radius 1 is 1.11 bits per heavy atom. The van der Waals surface area contributed by atoms with E-state index >= 15 is 0 Å². The number of nitrogens with zero attached hydrogens (tertiary/aromatic N) is 4. The third-order valence-corrected chi connectivity index (χ3v) is 6.35. The normalized spacial score (nSPS) is 12.9. The molecule has 0 aliphatic carbocycles. The lowest BCUT2D eigenvalue weighted by Gasteiger charge is -2.19. The lowest BCUT2D eigenvalue weighted by Crippen LogP contribution is -2.32. The van der Waals surface area contributed by atoms with Crippen molar-refractivity contribution in [2.45, 2.75) is 38.8 Å². The number of aliphatic carboxylic acids is 1. The second-order valence-corrected chi connectivity index (χ2v) is 8.87. The zero-order valence-electron chi connectivity index (χ0n) is 20.5. The first-order valence-corrected chi connectivity index (χ1v) is 11.8. The number of carbonyl (C=O) groups is 1. The van der Waals surface area contributed by atoms with E-state index in [2.05, 4.69) is 15.3 Å². The van der Waals surface area contributed by atoms with Crippen molar-refractivity contribution in [1.29, 1.82) is 0 Å². The Labute approximate surface area is 212 Å². The summed E-state index contributed by atoms with van der Waals surface area (Å²) >= 11 is 0. The largest absolute Gasteiger partial charge is 0.481 e. The van der Waals surface area contributed by atoms with Gasteiger partial charge in [0.15, 0.2) is 0 Å². The molecular weight excluding hydrogens is 479 g/mol. The van der Waals surface area contributed by atoms with Gasteiger partial charge in [-0.05, 0) is 61.6 Å². The number of hydrogen-bond acceptors (Lipinski definition) is 7. The molecule has 0 radical (unpaired) electrons. The number of rotatable bonds is 10. The number of pyridine rings is 1. The minimum absolute atomic E-state index is 0.0251. The number of fused-ring (bicyclic) bond motifs is 1. The molecule has 0 aliphatic heterocycles. The van der Waals surface area contributed by atoms with E-state index in [1.807, 2.05) is 13.0 Å². The number of methoxy groups -OCH3 is 1. The van der Waals surface area contributed by atoms with E-state index < -0.39 is 23.8 Å². The molecule has 0 saturated carbocycles. The van der Waals surface area contributed by atoms with Gasteiger partial charge >= 0.3 is 5.97 Å². The van der Waals surface area contributed by atoms with Crippen molar-refractivity contribution in [3.05, 3.63) is 82.0 Å². The molecule has 2 heterocycles. The van der Waals surface area contributed by atoms with Gasteiger partial charge in [0, 0.05) is 24.4 Å². The molecule has 9 nitrogen and oxygen atoms in total. The lowest BCUT2D eigenvalue weighted by molar-refractivity contribution is -0.146. The van der Waals surface area contributed by atoms with Crippen LogP contribution in [-0.2, 0) is 17.8 Å². The molecular formula is C27H27FN4O5. The van der Waals surface area contributed by atoms with Gasteiger partial charge in [-0.3, -0.25) is 9.59 Å². The van der Waals surface area contributed by atoms with Crippen LogP contribution in [0, 0.1) is 18.7 Å². The van der Waals surface area contributed by atoms with Crippen LogP contribution in [0.2, 0.25) is 0 Å². The second kappa shape index (κ2) is 11.3. The molecule has 0 spiro atoms. The van der Waals surface area contributed by atoms with Gasteiger partial charge in [0.1, 0.15) is 11.3 Å². The molecule has 2 atom stereocenters. The highest BCUT2D eigenvalue weighted by molar-refractivity contribution is 5.77. The van der Waals surface area contributed by atoms with Crippen molar-refractivity contribution < 1.29 is 24.1 Å². The molecule has 0 fully saturated rings. The first kappa shape index (κ1) is 25.9. The quantitative estimate of drug-likeness (QED) is 0.335. The van der Waals surface area contributed by atoms with Gasteiger partial charge in [-0.1, -0.05) is 29.0 Å². The minimum atomic E-state index is -1.24. The summed E-state index contributed by atoms with van der Waals surface area (Å²) in [4.78, 5) is 28.7. The van der Waals surface area contributed by atoms with E-state index in [0.717, 1.165) is 15.8 Å². The molecule has 10 heteroatoms. The van der Waals surface area contributed by atoms with Gasteiger partial charge < -0.3 is 14.9 Å². The molecule has 0 aliphatic rings. The number of hydrogen-bond donors (Lipinski definition) is 2. The van der Waals surface area contributed by atoms with Crippen LogP contribution in [0.1, 0.15) is 24.0 Å². The Bertz CT molecular complexity index is 1470. The Hall–Kier alpha value is -4.18. The summed E-state index contributed by atoms with van der Waals surface area (Å²) in [6.07, 6.45) is 0.491. The maximum absolute atomic E-state index is 14.8. The van der Waals surface area contributed by atoms with E-state index in [1.54, 1.807) is 42.6 Å². The highest BCUT2D eigenvalue weighted by Gasteiger charge is 2.27. The van der Waals surface area contributed by atoms with Crippen LogP contribution in [0.4, 0.5) is 4.39 Å². The number of aliphatic hydroxyl groups excluding tert-OH is 1. The fraction of sp³-hybridized carbons (Fsp3) is 0.296. The summed E-state index contributed by atoms with van der Waals surface area (Å²) in [5.74, 6) is -2.36. The van der Waals surface area contributed by atoms with Crippen LogP contribution in [-0.4, -0.2) is 49.4 Å². The van der Waals surface area contributed by atoms with E-state index in [4.69, 9.17) is 4.74 Å². The molecule has 192 valence electrons. The maximum Gasteiger partial charge on any atom is 0.309 e. The van der Waals surface area contributed by atoms with E-state index in [0.29, 0.717) is 27.9 Å². The predicted octanol–water partition coefficient (Wildman–Crippen LogP) is 3.39. The van der Waals surface area contributed by atoms with Gasteiger partial charge in [0.05, 0.1) is 24.5 Å². The lowest BCUT2D eigenvalue weighted by atomic mass is 9.93. The van der Waals surface area contributed by atoms with Gasteiger partial charge in [0.2, 0.25) is 5.88 Å². The number of carboxylic acid groups (broad SMARTS) is 1. The van der Waals surface area contributed by atoms with Crippen molar-refractivity contribution in [3.8, 4) is 17.0 Å². The van der Waals surface area contributed by atoms with Crippen molar-refractivity contribution in [2.24, 2.45) is 5.92 Å². The predicted molar refractivity (Wildman–Crippen MR) is 135 cm³/mol. The Balaban J connectivity index is 1.41. The first-order valence-electron chi connectivity index (χ1n) is 11.8. The molecule has 0 unspecified atom stereocenters. The van der Waals surface area contributed by atoms with Gasteiger partial charge in [-0.15, -0.1) is 5.10 Å². The number of carboxylic acids is 1. The second-order valence-electron chi connectivity index (χ2n) is 8.87. The zero-order valence-corrected chi connectivity index (χ0v) is 20.5. The standard InChI is InChI=1S/C27H27FN4O5/c1-16-3-8-23-21(13-16)26(34)32(31-30-23)12-11-20(27(35)36)24(33)9-6-17-4-5-18(14-22(17)28)19-7-10-25(37-2)29-15-19/h3-5,7-8,10,13-15,20,24,33H,6,9,11-12H2,1-2H3,(H,35,36)/t20-,24+/m0/s1. The number of benzene rings is 2. The number of halogens is 1. The van der Waals surface area contributed by atoms with Crippen LogP contribution in [0.15, 0.2) is 59.5 Å². The van der Waals surface area contributed by atoms with E-state index in [1.165, 1.54) is 13.2 Å². The van der Waals surface area contributed by atoms with Gasteiger partial charge in [-0.25, -0.2) is 14.1 Å². The fourth-order valence-corrected chi connectivity index (χ4v) is 4.18. The monoisotopic (exact) mass is 506 g/mol. The molecule has 2 aromatic heterocycles. The minimum Gasteiger partial charge on any atom is -0.481 e. The SMILES string of the molecule is COc1ccc(-c2ccc(CC[C@@H](O)[C@H](CCn3nnc4ccc(C)cc4c3=O)C(=O)O)c(F)c2)cn1. The smallest absolute Gasteiger partial charge is 0.309 e. The summed E-state index contributed by atoms with van der Waals surface area (Å²) in [5, 5.41) is 28.6. The molecule has 0 amide bonds. The van der Waals surface area contributed by atoms with Crippen molar-refractivity contribution in [1.82, 2.24) is 20.0 Å². The molecule has 2 aromatic carbocycles. The van der Waals surface area contributed by atoms with Crippen molar-refractivity contribution in [3.63, 3.8) is 0 Å². The Kier molecular flexibility index (Phi) is 7.88. The molecule has 4 aromatic rings. The molecule has 37 heavy (non-hydrogen) atoms. The molecule has 4 rings (SSSR count). The van der Waals surface area contributed by atoms with E-state index in [-0.39, 0.29) is 31.4 Å². The third-order valence-electron chi connectivity index (χ3n) is 6.35.